The maximum absolute atomic E-state index is 12.0. The second-order valence-corrected chi connectivity index (χ2v) is 6.02. The minimum Gasteiger partial charge on any atom is -0.331 e. The van der Waals surface area contributed by atoms with Crippen molar-refractivity contribution in [1.29, 1.82) is 0 Å². The summed E-state index contributed by atoms with van der Waals surface area (Å²) in [6, 6.07) is 0.516. The van der Waals surface area contributed by atoms with Crippen LogP contribution in [0.2, 0.25) is 0 Å². The summed E-state index contributed by atoms with van der Waals surface area (Å²) in [6.07, 6.45) is 6.06. The van der Waals surface area contributed by atoms with Gasteiger partial charge in [-0.3, -0.25) is 4.79 Å². The quantitative estimate of drug-likeness (QED) is 0.739. The molecule has 94 valence electrons. The van der Waals surface area contributed by atoms with Crippen molar-refractivity contribution >= 4 is 17.0 Å². The zero-order chi connectivity index (χ0) is 12.0. The summed E-state index contributed by atoms with van der Waals surface area (Å²) in [4.78, 5) is 14.1. The number of rotatable bonds is 4. The molecule has 1 amide bonds. The van der Waals surface area contributed by atoms with Gasteiger partial charge < -0.3 is 4.90 Å². The van der Waals surface area contributed by atoms with Gasteiger partial charge >= 0.3 is 0 Å². The number of thioether (sulfide) groups is 1. The normalized spacial score (nSPS) is 25.4. The van der Waals surface area contributed by atoms with Crippen LogP contribution in [0.1, 0.15) is 52.9 Å². The molecule has 0 aromatic rings. The highest BCUT2D eigenvalue weighted by atomic mass is 32.2. The molecule has 3 heteroatoms. The van der Waals surface area contributed by atoms with E-state index in [2.05, 4.69) is 25.7 Å². The second-order valence-electron chi connectivity index (χ2n) is 4.81. The molecular weight excluding hydrogens is 218 g/mol. The van der Waals surface area contributed by atoms with Crippen LogP contribution in [0.25, 0.3) is 0 Å². The maximum atomic E-state index is 12.0. The zero-order valence-electron chi connectivity index (χ0n) is 10.9. The fraction of sp³-hybridized carbons (Fsp3) is 0.923. The molecule has 0 N–H and O–H groups in total. The van der Waals surface area contributed by atoms with Crippen LogP contribution in [-0.2, 0) is 0 Å². The topological polar surface area (TPSA) is 20.3 Å². The van der Waals surface area contributed by atoms with Gasteiger partial charge in [-0.05, 0) is 43.8 Å². The molecule has 0 radical (unpaired) electrons. The van der Waals surface area contributed by atoms with E-state index in [1.165, 1.54) is 37.4 Å². The molecule has 0 atom stereocenters. The molecule has 0 spiro atoms. The Morgan fingerprint density at radius 2 is 1.88 bits per heavy atom. The lowest BCUT2D eigenvalue weighted by Gasteiger charge is -2.35. The van der Waals surface area contributed by atoms with E-state index < -0.39 is 0 Å². The fourth-order valence-corrected chi connectivity index (χ4v) is 3.08. The van der Waals surface area contributed by atoms with Crippen molar-refractivity contribution in [1.82, 2.24) is 4.90 Å². The number of carbonyl (C=O) groups excluding carboxylic acids is 1. The van der Waals surface area contributed by atoms with Gasteiger partial charge in [0.15, 0.2) is 0 Å². The van der Waals surface area contributed by atoms with E-state index in [1.54, 1.807) is 0 Å². The summed E-state index contributed by atoms with van der Waals surface area (Å²) in [7, 11) is 0. The molecule has 1 aliphatic carbocycles. The first-order chi connectivity index (χ1) is 7.69. The van der Waals surface area contributed by atoms with E-state index in [1.807, 2.05) is 0 Å². The minimum atomic E-state index is 0.295. The summed E-state index contributed by atoms with van der Waals surface area (Å²) in [5.74, 6) is 1.75. The molecule has 1 saturated carbocycles. The fourth-order valence-electron chi connectivity index (χ4n) is 2.42. The highest BCUT2D eigenvalue weighted by molar-refractivity contribution is 8.13. The van der Waals surface area contributed by atoms with Gasteiger partial charge in [-0.1, -0.05) is 32.5 Å². The molecule has 0 bridgehead atoms. The number of hydrogen-bond acceptors (Lipinski definition) is 2. The molecule has 2 nitrogen and oxygen atoms in total. The predicted molar refractivity (Wildman–Crippen MR) is 71.9 cm³/mol. The van der Waals surface area contributed by atoms with Gasteiger partial charge in [0.1, 0.15) is 0 Å². The Kier molecular flexibility index (Phi) is 6.25. The highest BCUT2D eigenvalue weighted by Gasteiger charge is 2.26. The van der Waals surface area contributed by atoms with Crippen molar-refractivity contribution < 1.29 is 4.79 Å². The van der Waals surface area contributed by atoms with Gasteiger partial charge in [-0.15, -0.1) is 0 Å². The van der Waals surface area contributed by atoms with Gasteiger partial charge in [-0.25, -0.2) is 0 Å². The van der Waals surface area contributed by atoms with Crippen LogP contribution in [0.15, 0.2) is 0 Å². The van der Waals surface area contributed by atoms with E-state index in [0.717, 1.165) is 24.6 Å². The standard InChI is InChI=1S/C13H25NOS/c1-4-10-14(13(15)16-5-2)12-8-6-11(3)7-9-12/h11-12H,4-10H2,1-3H3. The summed E-state index contributed by atoms with van der Waals surface area (Å²) >= 11 is 1.46. The van der Waals surface area contributed by atoms with E-state index >= 15 is 0 Å². The average Bonchev–Trinajstić information content (AvgIpc) is 2.28. The van der Waals surface area contributed by atoms with Crippen molar-refractivity contribution in [2.24, 2.45) is 5.92 Å². The Labute approximate surface area is 104 Å². The van der Waals surface area contributed by atoms with E-state index in [9.17, 15) is 4.79 Å². The lowest BCUT2D eigenvalue weighted by atomic mass is 9.87. The minimum absolute atomic E-state index is 0.295. The van der Waals surface area contributed by atoms with Crippen LogP contribution >= 0.6 is 11.8 Å². The first-order valence-electron chi connectivity index (χ1n) is 6.62. The molecule has 1 rings (SSSR count). The summed E-state index contributed by atoms with van der Waals surface area (Å²) in [5, 5.41) is 0.295. The van der Waals surface area contributed by atoms with Crippen molar-refractivity contribution in [2.75, 3.05) is 12.3 Å². The Morgan fingerprint density at radius 3 is 2.38 bits per heavy atom. The molecule has 0 unspecified atom stereocenters. The van der Waals surface area contributed by atoms with E-state index in [4.69, 9.17) is 0 Å². The van der Waals surface area contributed by atoms with E-state index in [-0.39, 0.29) is 0 Å². The molecule has 0 heterocycles. The number of nitrogens with zero attached hydrogens (tertiary/aromatic N) is 1. The third-order valence-electron chi connectivity index (χ3n) is 3.39. The molecule has 0 aromatic heterocycles. The Bertz CT molecular complexity index is 212. The van der Waals surface area contributed by atoms with Crippen molar-refractivity contribution in [2.45, 2.75) is 58.9 Å². The molecule has 16 heavy (non-hydrogen) atoms. The van der Waals surface area contributed by atoms with Crippen LogP contribution in [-0.4, -0.2) is 28.5 Å². The number of carbonyl (C=O) groups is 1. The third kappa shape index (κ3) is 4.00. The van der Waals surface area contributed by atoms with Crippen LogP contribution in [0.5, 0.6) is 0 Å². The SMILES string of the molecule is CCCN(C(=O)SCC)C1CCC(C)CC1. The van der Waals surface area contributed by atoms with Crippen molar-refractivity contribution in [3.05, 3.63) is 0 Å². The highest BCUT2D eigenvalue weighted by Crippen LogP contribution is 2.28. The summed E-state index contributed by atoms with van der Waals surface area (Å²) in [6.45, 7) is 7.46. The Morgan fingerprint density at radius 1 is 1.25 bits per heavy atom. The van der Waals surface area contributed by atoms with Crippen molar-refractivity contribution in [3.63, 3.8) is 0 Å². The summed E-state index contributed by atoms with van der Waals surface area (Å²) in [5.41, 5.74) is 0. The lowest BCUT2D eigenvalue weighted by Crippen LogP contribution is -2.40. The van der Waals surface area contributed by atoms with Gasteiger partial charge in [0.05, 0.1) is 0 Å². The van der Waals surface area contributed by atoms with Crippen LogP contribution in [0.4, 0.5) is 4.79 Å². The van der Waals surface area contributed by atoms with Gasteiger partial charge in [0, 0.05) is 12.6 Å². The number of hydrogen-bond donors (Lipinski definition) is 0. The van der Waals surface area contributed by atoms with E-state index in [0.29, 0.717) is 11.3 Å². The Hall–Kier alpha value is -0.180. The maximum Gasteiger partial charge on any atom is 0.281 e. The van der Waals surface area contributed by atoms with Gasteiger partial charge in [0.2, 0.25) is 0 Å². The van der Waals surface area contributed by atoms with Crippen LogP contribution in [0.3, 0.4) is 0 Å². The first kappa shape index (κ1) is 13.9. The summed E-state index contributed by atoms with van der Waals surface area (Å²) < 4.78 is 0. The van der Waals surface area contributed by atoms with Gasteiger partial charge in [0.25, 0.3) is 5.24 Å². The molecule has 0 aromatic carbocycles. The lowest BCUT2D eigenvalue weighted by molar-refractivity contribution is 0.165. The Balaban J connectivity index is 2.51. The molecule has 1 aliphatic rings. The average molecular weight is 243 g/mol. The molecule has 0 saturated heterocycles. The first-order valence-corrected chi connectivity index (χ1v) is 7.61. The molecular formula is C13H25NOS. The second kappa shape index (κ2) is 7.21. The monoisotopic (exact) mass is 243 g/mol. The smallest absolute Gasteiger partial charge is 0.281 e. The van der Waals surface area contributed by atoms with Crippen LogP contribution in [0, 0.1) is 5.92 Å². The zero-order valence-corrected chi connectivity index (χ0v) is 11.7. The van der Waals surface area contributed by atoms with Gasteiger partial charge in [-0.2, -0.15) is 0 Å². The third-order valence-corrected chi connectivity index (χ3v) is 4.16. The molecule has 0 aliphatic heterocycles. The molecule has 1 fully saturated rings. The predicted octanol–water partition coefficient (Wildman–Crippen LogP) is 4.15. The van der Waals surface area contributed by atoms with Crippen LogP contribution < -0.4 is 0 Å². The number of amides is 1. The largest absolute Gasteiger partial charge is 0.331 e. The van der Waals surface area contributed by atoms with Crippen molar-refractivity contribution in [3.8, 4) is 0 Å².